The smallest absolute Gasteiger partial charge is 0.332 e. The van der Waals surface area contributed by atoms with Gasteiger partial charge in [-0.3, -0.25) is 19.2 Å². The number of esters is 3. The van der Waals surface area contributed by atoms with Crippen molar-refractivity contribution in [2.45, 2.75) is 53.9 Å². The molecule has 0 fully saturated rings. The van der Waals surface area contributed by atoms with Crippen molar-refractivity contribution in [3.63, 3.8) is 0 Å². The van der Waals surface area contributed by atoms with E-state index < -0.39 is 23.3 Å². The molecule has 0 bridgehead atoms. The van der Waals surface area contributed by atoms with Gasteiger partial charge in [0.15, 0.2) is 0 Å². The number of hydrogen-bond acceptors (Lipinski definition) is 9. The zero-order valence-corrected chi connectivity index (χ0v) is 17.8. The number of hydrogen-bond donors (Lipinski definition) is 1. The number of carbonyl (C=O) groups excluding carboxylic acids is 5. The van der Waals surface area contributed by atoms with Gasteiger partial charge in [0, 0.05) is 18.3 Å². The summed E-state index contributed by atoms with van der Waals surface area (Å²) in [5.41, 5.74) is -0.380. The number of rotatable bonds is 14. The second kappa shape index (κ2) is 13.5. The van der Waals surface area contributed by atoms with E-state index in [4.69, 9.17) is 14.2 Å². The molecule has 0 aromatic rings. The van der Waals surface area contributed by atoms with Crippen molar-refractivity contribution in [3.05, 3.63) is 11.8 Å². The van der Waals surface area contributed by atoms with Gasteiger partial charge in [-0.2, -0.15) is 0 Å². The van der Waals surface area contributed by atoms with Crippen LogP contribution in [0.5, 0.6) is 0 Å². The second-order valence-electron chi connectivity index (χ2n) is 6.90. The van der Waals surface area contributed by atoms with Crippen LogP contribution in [0.3, 0.4) is 0 Å². The third-order valence-corrected chi connectivity index (χ3v) is 3.93. The first kappa shape index (κ1) is 26.3. The van der Waals surface area contributed by atoms with Crippen LogP contribution in [-0.4, -0.2) is 55.8 Å². The first-order valence-corrected chi connectivity index (χ1v) is 9.42. The van der Waals surface area contributed by atoms with Crippen molar-refractivity contribution in [2.75, 3.05) is 26.4 Å². The number of nitrogens with one attached hydrogen (secondary N) is 1. The molecule has 9 nitrogen and oxygen atoms in total. The fourth-order valence-electron chi connectivity index (χ4n) is 2.18. The van der Waals surface area contributed by atoms with Crippen molar-refractivity contribution >= 4 is 29.5 Å². The number of ketones is 2. The largest absolute Gasteiger partial charge is 0.464 e. The minimum atomic E-state index is -1.01. The topological polar surface area (TPSA) is 125 Å². The van der Waals surface area contributed by atoms with E-state index in [0.717, 1.165) is 0 Å². The van der Waals surface area contributed by atoms with Crippen LogP contribution in [0.2, 0.25) is 0 Å². The Hall–Kier alpha value is -2.71. The fraction of sp³-hybridized carbons (Fsp3) is 0.650. The zero-order chi connectivity index (χ0) is 22.4. The lowest BCUT2D eigenvalue weighted by Crippen LogP contribution is -2.39. The van der Waals surface area contributed by atoms with Crippen molar-refractivity contribution in [3.8, 4) is 0 Å². The Morgan fingerprint density at radius 1 is 0.793 bits per heavy atom. The van der Waals surface area contributed by atoms with Gasteiger partial charge in [-0.25, -0.2) is 4.79 Å². The second-order valence-corrected chi connectivity index (χ2v) is 6.90. The highest BCUT2D eigenvalue weighted by atomic mass is 16.6. The first-order valence-electron chi connectivity index (χ1n) is 9.42. The Bertz CT molecular complexity index is 606. The van der Waals surface area contributed by atoms with E-state index in [0.29, 0.717) is 18.7 Å². The van der Waals surface area contributed by atoms with Gasteiger partial charge in [-0.1, -0.05) is 6.92 Å². The van der Waals surface area contributed by atoms with Gasteiger partial charge in [0.1, 0.15) is 44.2 Å². The van der Waals surface area contributed by atoms with E-state index in [1.807, 2.05) is 6.92 Å². The molecule has 0 amide bonds. The lowest BCUT2D eigenvalue weighted by molar-refractivity contribution is -0.160. The van der Waals surface area contributed by atoms with Crippen molar-refractivity contribution in [2.24, 2.45) is 5.41 Å². The predicted octanol–water partition coefficient (Wildman–Crippen LogP) is 1.48. The highest BCUT2D eigenvalue weighted by molar-refractivity contribution is 5.94. The van der Waals surface area contributed by atoms with Crippen LogP contribution >= 0.6 is 0 Å². The standard InChI is InChI=1S/C20H31NO8/c1-6-20(12-28-18(25)9-15(4)22,13-29-19(26)10-16(5)23)11-27-17(24)8-14(3)21-7-2/h8,21H,6-7,9-13H2,1-5H3/b14-8-. The molecule has 0 aliphatic rings. The minimum absolute atomic E-state index is 0.182. The molecular weight excluding hydrogens is 382 g/mol. The average Bonchev–Trinajstić information content (AvgIpc) is 2.60. The van der Waals surface area contributed by atoms with E-state index in [1.165, 1.54) is 19.9 Å². The molecule has 0 saturated carbocycles. The van der Waals surface area contributed by atoms with E-state index in [1.54, 1.807) is 13.8 Å². The lowest BCUT2D eigenvalue weighted by atomic mass is 9.88. The molecule has 0 aromatic heterocycles. The molecule has 0 radical (unpaired) electrons. The molecule has 0 rings (SSSR count). The summed E-state index contributed by atoms with van der Waals surface area (Å²) < 4.78 is 15.5. The SMILES string of the molecule is CCN/C(C)=C\C(=O)OCC(CC)(COC(=O)CC(C)=O)COC(=O)CC(C)=O. The number of allylic oxidation sites excluding steroid dienone is 1. The number of Topliss-reactive ketones (excluding diaryl/α,β-unsaturated/α-hetero) is 2. The van der Waals surface area contributed by atoms with Gasteiger partial charge in [-0.15, -0.1) is 0 Å². The van der Waals surface area contributed by atoms with E-state index in [-0.39, 0.29) is 44.2 Å². The summed E-state index contributed by atoms with van der Waals surface area (Å²) in [5, 5.41) is 2.96. The Labute approximate surface area is 171 Å². The number of ether oxygens (including phenoxy) is 3. The van der Waals surface area contributed by atoms with E-state index in [2.05, 4.69) is 5.32 Å². The number of carbonyl (C=O) groups is 5. The molecule has 29 heavy (non-hydrogen) atoms. The molecule has 0 saturated heterocycles. The van der Waals surface area contributed by atoms with Crippen LogP contribution in [0.4, 0.5) is 0 Å². The van der Waals surface area contributed by atoms with Crippen molar-refractivity contribution in [1.29, 1.82) is 0 Å². The molecule has 0 unspecified atom stereocenters. The molecule has 0 heterocycles. The summed E-state index contributed by atoms with van der Waals surface area (Å²) in [5.74, 6) is -2.74. The van der Waals surface area contributed by atoms with Gasteiger partial charge in [0.2, 0.25) is 0 Å². The van der Waals surface area contributed by atoms with Crippen LogP contribution in [0.25, 0.3) is 0 Å². The Balaban J connectivity index is 5.16. The molecule has 0 aromatic carbocycles. The maximum atomic E-state index is 12.0. The third kappa shape index (κ3) is 12.4. The quantitative estimate of drug-likeness (QED) is 0.195. The van der Waals surface area contributed by atoms with Crippen molar-refractivity contribution in [1.82, 2.24) is 5.32 Å². The Morgan fingerprint density at radius 2 is 1.24 bits per heavy atom. The summed E-state index contributed by atoms with van der Waals surface area (Å²) in [6.07, 6.45) is 0.868. The van der Waals surface area contributed by atoms with Gasteiger partial charge < -0.3 is 19.5 Å². The maximum Gasteiger partial charge on any atom is 0.332 e. The summed E-state index contributed by atoms with van der Waals surface area (Å²) in [6.45, 7) is 7.91. The van der Waals surface area contributed by atoms with Crippen LogP contribution in [0.1, 0.15) is 53.9 Å². The molecule has 0 spiro atoms. The maximum absolute atomic E-state index is 12.0. The van der Waals surface area contributed by atoms with Gasteiger partial charge >= 0.3 is 17.9 Å². The summed E-state index contributed by atoms with van der Waals surface area (Å²) in [4.78, 5) is 57.6. The molecular formula is C20H31NO8. The van der Waals surface area contributed by atoms with Crippen LogP contribution < -0.4 is 5.32 Å². The highest BCUT2D eigenvalue weighted by Gasteiger charge is 2.34. The van der Waals surface area contributed by atoms with Gasteiger partial charge in [0.25, 0.3) is 0 Å². The lowest BCUT2D eigenvalue weighted by Gasteiger charge is -2.30. The summed E-state index contributed by atoms with van der Waals surface area (Å²) in [7, 11) is 0. The molecule has 9 heteroatoms. The highest BCUT2D eigenvalue weighted by Crippen LogP contribution is 2.25. The van der Waals surface area contributed by atoms with Crippen LogP contribution in [-0.2, 0) is 38.2 Å². The minimum Gasteiger partial charge on any atom is -0.464 e. The van der Waals surface area contributed by atoms with Crippen LogP contribution in [0, 0.1) is 5.41 Å². The summed E-state index contributed by atoms with van der Waals surface area (Å²) in [6, 6.07) is 0. The van der Waals surface area contributed by atoms with Gasteiger partial charge in [0.05, 0.1) is 5.41 Å². The van der Waals surface area contributed by atoms with Gasteiger partial charge in [-0.05, 0) is 34.1 Å². The van der Waals surface area contributed by atoms with E-state index in [9.17, 15) is 24.0 Å². The molecule has 164 valence electrons. The Morgan fingerprint density at radius 3 is 1.62 bits per heavy atom. The van der Waals surface area contributed by atoms with Crippen molar-refractivity contribution < 1.29 is 38.2 Å². The normalized spacial score (nSPS) is 11.4. The monoisotopic (exact) mass is 413 g/mol. The summed E-state index contributed by atoms with van der Waals surface area (Å²) >= 11 is 0. The molecule has 0 atom stereocenters. The third-order valence-electron chi connectivity index (χ3n) is 3.93. The zero-order valence-electron chi connectivity index (χ0n) is 17.8. The van der Waals surface area contributed by atoms with E-state index >= 15 is 0 Å². The fourth-order valence-corrected chi connectivity index (χ4v) is 2.18. The molecule has 0 aliphatic carbocycles. The Kier molecular flexibility index (Phi) is 12.2. The first-order chi connectivity index (χ1) is 13.5. The average molecular weight is 413 g/mol. The van der Waals surface area contributed by atoms with Crippen LogP contribution in [0.15, 0.2) is 11.8 Å². The predicted molar refractivity (Wildman–Crippen MR) is 104 cm³/mol. The molecule has 1 N–H and O–H groups in total. The molecule has 0 aliphatic heterocycles.